The van der Waals surface area contributed by atoms with Gasteiger partial charge in [-0.2, -0.15) is 0 Å². The molecule has 154 valence electrons. The molecule has 0 atom stereocenters. The molecule has 4 aromatic rings. The average molecular weight is 412 g/mol. The molecule has 1 amide bonds. The van der Waals surface area contributed by atoms with Crippen LogP contribution in [0.3, 0.4) is 0 Å². The first kappa shape index (κ1) is 19.0. The molecule has 1 aliphatic rings. The second-order valence-electron chi connectivity index (χ2n) is 7.43. The number of aromatic nitrogens is 3. The first-order chi connectivity index (χ1) is 15.2. The standard InChI is InChI=1S/C24H20N4O3/c1-31-21-13-25-12-20-22(21)18(11-27-20)23(29)24(30)28-10-8-16-15(14-28)5-4-6-17(16)19-7-2-3-9-26-19/h2-7,9,11-13,27H,8,10,14H2,1H3. The van der Waals surface area contributed by atoms with Crippen molar-refractivity contribution < 1.29 is 14.3 Å². The molecule has 4 heterocycles. The van der Waals surface area contributed by atoms with E-state index in [1.807, 2.05) is 30.3 Å². The number of benzene rings is 1. The summed E-state index contributed by atoms with van der Waals surface area (Å²) in [5.74, 6) is -0.618. The molecule has 0 unspecified atom stereocenters. The summed E-state index contributed by atoms with van der Waals surface area (Å²) >= 11 is 0. The van der Waals surface area contributed by atoms with Crippen LogP contribution in [0.1, 0.15) is 21.5 Å². The maximum absolute atomic E-state index is 13.1. The average Bonchev–Trinajstić information content (AvgIpc) is 3.27. The summed E-state index contributed by atoms with van der Waals surface area (Å²) in [6.07, 6.45) is 7.13. The first-order valence-electron chi connectivity index (χ1n) is 10.0. The molecule has 1 aliphatic heterocycles. The zero-order valence-electron chi connectivity index (χ0n) is 17.0. The van der Waals surface area contributed by atoms with Crippen LogP contribution in [0.15, 0.2) is 61.2 Å². The summed E-state index contributed by atoms with van der Waals surface area (Å²) in [6, 6.07) is 11.9. The molecule has 0 spiro atoms. The van der Waals surface area contributed by atoms with Crippen molar-refractivity contribution in [2.24, 2.45) is 0 Å². The van der Waals surface area contributed by atoms with E-state index in [0.717, 1.165) is 16.8 Å². The predicted octanol–water partition coefficient (Wildman–Crippen LogP) is 3.40. The zero-order chi connectivity index (χ0) is 21.4. The summed E-state index contributed by atoms with van der Waals surface area (Å²) in [5.41, 5.74) is 5.15. The summed E-state index contributed by atoms with van der Waals surface area (Å²) in [7, 11) is 1.51. The largest absolute Gasteiger partial charge is 0.494 e. The maximum atomic E-state index is 13.1. The van der Waals surface area contributed by atoms with Gasteiger partial charge >= 0.3 is 0 Å². The number of nitrogens with one attached hydrogen (secondary N) is 1. The third-order valence-corrected chi connectivity index (χ3v) is 5.71. The van der Waals surface area contributed by atoms with E-state index in [2.05, 4.69) is 21.0 Å². The molecule has 31 heavy (non-hydrogen) atoms. The Morgan fingerprint density at radius 2 is 2.03 bits per heavy atom. The summed E-state index contributed by atoms with van der Waals surface area (Å²) in [6.45, 7) is 0.865. The van der Waals surface area contributed by atoms with Gasteiger partial charge in [0, 0.05) is 31.0 Å². The van der Waals surface area contributed by atoms with Crippen molar-refractivity contribution in [3.05, 3.63) is 77.9 Å². The van der Waals surface area contributed by atoms with E-state index >= 15 is 0 Å². The number of aromatic amines is 1. The number of Topliss-reactive ketones (excluding diaryl/α,β-unsaturated/α-hetero) is 1. The number of hydrogen-bond acceptors (Lipinski definition) is 5. The normalized spacial score (nSPS) is 13.1. The zero-order valence-corrected chi connectivity index (χ0v) is 17.0. The highest BCUT2D eigenvalue weighted by molar-refractivity contribution is 6.45. The van der Waals surface area contributed by atoms with Gasteiger partial charge in [-0.15, -0.1) is 0 Å². The highest BCUT2D eigenvalue weighted by Gasteiger charge is 2.30. The molecule has 0 radical (unpaired) electrons. The number of methoxy groups -OCH3 is 1. The smallest absolute Gasteiger partial charge is 0.295 e. The molecule has 0 saturated heterocycles. The van der Waals surface area contributed by atoms with Gasteiger partial charge in [0.25, 0.3) is 11.7 Å². The molecule has 0 fully saturated rings. The number of pyridine rings is 2. The Labute approximate surface area is 178 Å². The number of carbonyl (C=O) groups is 2. The van der Waals surface area contributed by atoms with Gasteiger partial charge in [-0.25, -0.2) is 0 Å². The summed E-state index contributed by atoms with van der Waals surface area (Å²) in [4.78, 5) is 39.3. The molecule has 1 aromatic carbocycles. The van der Waals surface area contributed by atoms with E-state index in [1.165, 1.54) is 18.9 Å². The van der Waals surface area contributed by atoms with Gasteiger partial charge in [-0.3, -0.25) is 19.6 Å². The van der Waals surface area contributed by atoms with Gasteiger partial charge in [-0.05, 0) is 29.7 Å². The van der Waals surface area contributed by atoms with E-state index in [-0.39, 0.29) is 0 Å². The quantitative estimate of drug-likeness (QED) is 0.410. The van der Waals surface area contributed by atoms with Gasteiger partial charge in [0.1, 0.15) is 5.75 Å². The number of nitrogens with zero attached hydrogens (tertiary/aromatic N) is 3. The predicted molar refractivity (Wildman–Crippen MR) is 116 cm³/mol. The summed E-state index contributed by atoms with van der Waals surface area (Å²) < 4.78 is 5.34. The van der Waals surface area contributed by atoms with Crippen LogP contribution >= 0.6 is 0 Å². The minimum absolute atomic E-state index is 0.298. The van der Waals surface area contributed by atoms with Gasteiger partial charge in [0.15, 0.2) is 0 Å². The molecule has 0 saturated carbocycles. The number of ether oxygens (including phenoxy) is 1. The number of rotatable bonds is 4. The molecule has 5 rings (SSSR count). The number of hydrogen-bond donors (Lipinski definition) is 1. The maximum Gasteiger partial charge on any atom is 0.295 e. The van der Waals surface area contributed by atoms with Gasteiger partial charge < -0.3 is 14.6 Å². The fourth-order valence-electron chi connectivity index (χ4n) is 4.19. The molecule has 7 heteroatoms. The molecular weight excluding hydrogens is 392 g/mol. The van der Waals surface area contributed by atoms with E-state index in [0.29, 0.717) is 41.7 Å². The highest BCUT2D eigenvalue weighted by atomic mass is 16.5. The van der Waals surface area contributed by atoms with Crippen molar-refractivity contribution in [3.63, 3.8) is 0 Å². The molecule has 0 bridgehead atoms. The number of amides is 1. The fraction of sp³-hybridized carbons (Fsp3) is 0.167. The Bertz CT molecular complexity index is 1300. The van der Waals surface area contributed by atoms with Gasteiger partial charge in [0.05, 0.1) is 41.7 Å². The second-order valence-corrected chi connectivity index (χ2v) is 7.43. The lowest BCUT2D eigenvalue weighted by Gasteiger charge is -2.29. The van der Waals surface area contributed by atoms with Crippen molar-refractivity contribution in [1.29, 1.82) is 0 Å². The Kier molecular flexibility index (Phi) is 4.71. The number of H-pyrrole nitrogens is 1. The van der Waals surface area contributed by atoms with Crippen LogP contribution in [-0.4, -0.2) is 45.2 Å². The van der Waals surface area contributed by atoms with Crippen molar-refractivity contribution in [2.75, 3.05) is 13.7 Å². The third-order valence-electron chi connectivity index (χ3n) is 5.71. The number of fused-ring (bicyclic) bond motifs is 2. The topological polar surface area (TPSA) is 88.2 Å². The molecule has 1 N–H and O–H groups in total. The lowest BCUT2D eigenvalue weighted by molar-refractivity contribution is -0.127. The monoisotopic (exact) mass is 412 g/mol. The van der Waals surface area contributed by atoms with Crippen LogP contribution in [0.2, 0.25) is 0 Å². The molecular formula is C24H20N4O3. The Morgan fingerprint density at radius 1 is 1.13 bits per heavy atom. The van der Waals surface area contributed by atoms with Gasteiger partial charge in [0.2, 0.25) is 0 Å². The molecule has 3 aromatic heterocycles. The van der Waals surface area contributed by atoms with E-state index in [9.17, 15) is 9.59 Å². The van der Waals surface area contributed by atoms with Crippen LogP contribution < -0.4 is 4.74 Å². The second kappa shape index (κ2) is 7.68. The van der Waals surface area contributed by atoms with Crippen molar-refractivity contribution in [2.45, 2.75) is 13.0 Å². The van der Waals surface area contributed by atoms with Crippen LogP contribution in [0, 0.1) is 0 Å². The minimum Gasteiger partial charge on any atom is -0.494 e. The first-order valence-corrected chi connectivity index (χ1v) is 10.0. The lowest BCUT2D eigenvalue weighted by Crippen LogP contribution is -2.40. The summed E-state index contributed by atoms with van der Waals surface area (Å²) in [5, 5.41) is 0.575. The van der Waals surface area contributed by atoms with Crippen LogP contribution in [0.5, 0.6) is 5.75 Å². The van der Waals surface area contributed by atoms with E-state index < -0.39 is 11.7 Å². The highest BCUT2D eigenvalue weighted by Crippen LogP contribution is 2.31. The minimum atomic E-state index is -0.555. The molecule has 0 aliphatic carbocycles. The SMILES string of the molecule is COc1cncc2[nH]cc(C(=O)C(=O)N3CCc4c(cccc4-c4ccccn4)C3)c12. The van der Waals surface area contributed by atoms with Crippen molar-refractivity contribution in [1.82, 2.24) is 19.9 Å². The van der Waals surface area contributed by atoms with Crippen LogP contribution in [-0.2, 0) is 17.8 Å². The fourth-order valence-corrected chi connectivity index (χ4v) is 4.19. The van der Waals surface area contributed by atoms with Crippen molar-refractivity contribution >= 4 is 22.6 Å². The molecule has 7 nitrogen and oxygen atoms in total. The Morgan fingerprint density at radius 3 is 2.84 bits per heavy atom. The van der Waals surface area contributed by atoms with Crippen molar-refractivity contribution in [3.8, 4) is 17.0 Å². The van der Waals surface area contributed by atoms with E-state index in [4.69, 9.17) is 4.74 Å². The Balaban J connectivity index is 1.44. The Hall–Kier alpha value is -4.00. The van der Waals surface area contributed by atoms with E-state index in [1.54, 1.807) is 23.5 Å². The van der Waals surface area contributed by atoms with Gasteiger partial charge in [-0.1, -0.05) is 24.3 Å². The van der Waals surface area contributed by atoms with Crippen LogP contribution in [0.25, 0.3) is 22.2 Å². The number of ketones is 1. The number of carbonyl (C=O) groups excluding carboxylic acids is 2. The van der Waals surface area contributed by atoms with Crippen LogP contribution in [0.4, 0.5) is 0 Å². The third kappa shape index (κ3) is 3.24. The lowest BCUT2D eigenvalue weighted by atomic mass is 9.92.